The molecule has 0 unspecified atom stereocenters. The first-order chi connectivity index (χ1) is 3.13. The summed E-state index contributed by atoms with van der Waals surface area (Å²) in [5.41, 5.74) is 0. The summed E-state index contributed by atoms with van der Waals surface area (Å²) < 4.78 is 3.40. The molecule has 0 aromatic heterocycles. The topological polar surface area (TPSA) is 46.5 Å². The monoisotopic (exact) mass is 232 g/mol. The highest BCUT2D eigenvalue weighted by Crippen LogP contribution is 2.08. The van der Waals surface area contributed by atoms with Crippen molar-refractivity contribution in [3.63, 3.8) is 0 Å². The summed E-state index contributed by atoms with van der Waals surface area (Å²) >= 11 is 5.58. The van der Waals surface area contributed by atoms with E-state index in [1.807, 2.05) is 0 Å². The molecule has 5 heteroatoms. The summed E-state index contributed by atoms with van der Waals surface area (Å²) in [5, 5.41) is 7.80. The molecule has 0 amide bonds. The van der Waals surface area contributed by atoms with Crippen molar-refractivity contribution in [1.82, 2.24) is 0 Å². The van der Waals surface area contributed by atoms with E-state index in [0.29, 0.717) is 0 Å². The van der Waals surface area contributed by atoms with Gasteiger partial charge in [-0.1, -0.05) is 0 Å². The molecule has 0 fully saturated rings. The minimum atomic E-state index is -1.31. The van der Waals surface area contributed by atoms with E-state index < -0.39 is 10.1 Å². The number of halogens is 2. The van der Waals surface area contributed by atoms with Crippen molar-refractivity contribution in [2.24, 2.45) is 0 Å². The molecule has 0 bridgehead atoms. The van der Waals surface area contributed by atoms with Gasteiger partial charge in [0, 0.05) is 0 Å². The van der Waals surface area contributed by atoms with Crippen molar-refractivity contribution in [1.29, 1.82) is 0 Å². The van der Waals surface area contributed by atoms with Crippen molar-refractivity contribution in [2.45, 2.75) is 3.92 Å². The third-order valence-corrected chi connectivity index (χ3v) is 0.564. The smallest absolute Gasteiger partial charge is 0.450 e. The number of rotatable bonds is 1. The van der Waals surface area contributed by atoms with E-state index in [2.05, 4.69) is 36.6 Å². The maximum absolute atomic E-state index is 9.53. The van der Waals surface area contributed by atoms with E-state index in [0.717, 1.165) is 0 Å². The zero-order valence-electron chi connectivity index (χ0n) is 3.10. The van der Waals surface area contributed by atoms with E-state index in [1.165, 1.54) is 0 Å². The van der Waals surface area contributed by atoms with Crippen LogP contribution < -0.4 is 0 Å². The van der Waals surface area contributed by atoms with Crippen LogP contribution in [0.25, 0.3) is 0 Å². The van der Waals surface area contributed by atoms with E-state index in [-0.39, 0.29) is 0 Å². The van der Waals surface area contributed by atoms with Crippen molar-refractivity contribution in [2.75, 3.05) is 0 Å². The van der Waals surface area contributed by atoms with Crippen LogP contribution in [0.4, 0.5) is 4.79 Å². The highest BCUT2D eigenvalue weighted by Gasteiger charge is 2.00. The van der Waals surface area contributed by atoms with Crippen LogP contribution in [0.5, 0.6) is 0 Å². The zero-order chi connectivity index (χ0) is 5.86. The van der Waals surface area contributed by atoms with Crippen LogP contribution >= 0.6 is 31.9 Å². The fourth-order valence-corrected chi connectivity index (χ4v) is 0.396. The normalized spacial score (nSPS) is 9.00. The van der Waals surface area contributed by atoms with Gasteiger partial charge in [0.25, 0.3) is 0 Å². The van der Waals surface area contributed by atoms with E-state index in [1.54, 1.807) is 0 Å². The Balaban J connectivity index is 3.13. The van der Waals surface area contributed by atoms with Gasteiger partial charge in [-0.25, -0.2) is 4.79 Å². The molecule has 0 saturated carbocycles. The molecule has 0 saturated heterocycles. The lowest BCUT2D eigenvalue weighted by molar-refractivity contribution is 0.104. The van der Waals surface area contributed by atoms with Gasteiger partial charge in [0.15, 0.2) is 0 Å². The molecule has 0 aromatic rings. The first-order valence-corrected chi connectivity index (χ1v) is 3.14. The van der Waals surface area contributed by atoms with Gasteiger partial charge in [-0.05, 0) is 31.9 Å². The quantitative estimate of drug-likeness (QED) is 0.555. The van der Waals surface area contributed by atoms with Gasteiger partial charge in [-0.2, -0.15) is 0 Å². The van der Waals surface area contributed by atoms with Crippen molar-refractivity contribution >= 4 is 38.0 Å². The molecular formula is C2H2Br2O3. The number of alkyl halides is 2. The van der Waals surface area contributed by atoms with Crippen molar-refractivity contribution in [3.05, 3.63) is 0 Å². The lowest BCUT2D eigenvalue weighted by atomic mass is 11.4. The van der Waals surface area contributed by atoms with Gasteiger partial charge in [0.1, 0.15) is 0 Å². The zero-order valence-corrected chi connectivity index (χ0v) is 6.27. The predicted molar refractivity (Wildman–Crippen MR) is 30.8 cm³/mol. The van der Waals surface area contributed by atoms with Gasteiger partial charge < -0.3 is 9.84 Å². The van der Waals surface area contributed by atoms with Gasteiger partial charge >= 0.3 is 6.16 Å². The standard InChI is InChI=1S/C2H2Br2O3/c3-1(4)7-2(5)6/h1H,(H,5,6). The number of ether oxygens (including phenoxy) is 1. The molecule has 42 valence electrons. The van der Waals surface area contributed by atoms with Crippen LogP contribution in [0.1, 0.15) is 0 Å². The number of carboxylic acid groups (broad SMARTS) is 1. The largest absolute Gasteiger partial charge is 0.507 e. The maximum atomic E-state index is 9.53. The third-order valence-electron chi connectivity index (χ3n) is 0.190. The van der Waals surface area contributed by atoms with Crippen LogP contribution in [0.3, 0.4) is 0 Å². The minimum absolute atomic E-state index is 0.600. The van der Waals surface area contributed by atoms with Gasteiger partial charge in [0.05, 0.1) is 0 Å². The molecule has 0 rings (SSSR count). The molecule has 0 radical (unpaired) electrons. The molecular weight excluding hydrogens is 232 g/mol. The summed E-state index contributed by atoms with van der Waals surface area (Å²) in [4.78, 5) is 9.53. The number of hydrogen-bond acceptors (Lipinski definition) is 2. The Morgan fingerprint density at radius 2 is 2.14 bits per heavy atom. The second-order valence-electron chi connectivity index (χ2n) is 0.644. The van der Waals surface area contributed by atoms with Gasteiger partial charge in [-0.3, -0.25) is 0 Å². The lowest BCUT2D eigenvalue weighted by Crippen LogP contribution is -2.01. The van der Waals surface area contributed by atoms with Crippen LogP contribution in [0, 0.1) is 0 Å². The summed E-state index contributed by atoms with van der Waals surface area (Å²) in [6, 6.07) is 0. The fraction of sp³-hybridized carbons (Fsp3) is 0.500. The van der Waals surface area contributed by atoms with E-state index >= 15 is 0 Å². The molecule has 0 aliphatic carbocycles. The van der Waals surface area contributed by atoms with E-state index in [4.69, 9.17) is 5.11 Å². The Kier molecular flexibility index (Phi) is 3.37. The molecule has 0 spiro atoms. The van der Waals surface area contributed by atoms with Crippen molar-refractivity contribution in [3.8, 4) is 0 Å². The van der Waals surface area contributed by atoms with E-state index in [9.17, 15) is 4.79 Å². The summed E-state index contributed by atoms with van der Waals surface area (Å²) in [7, 11) is 0. The molecule has 1 N–H and O–H groups in total. The van der Waals surface area contributed by atoms with Gasteiger partial charge in [0.2, 0.25) is 3.92 Å². The lowest BCUT2D eigenvalue weighted by Gasteiger charge is -1.95. The number of carbonyl (C=O) groups is 1. The first kappa shape index (κ1) is 7.23. The molecule has 0 aliphatic heterocycles. The maximum Gasteiger partial charge on any atom is 0.507 e. The number of hydrogen-bond donors (Lipinski definition) is 1. The fourth-order valence-electron chi connectivity index (χ4n) is 0.0762. The molecule has 7 heavy (non-hydrogen) atoms. The Hall–Kier alpha value is 0.230. The minimum Gasteiger partial charge on any atom is -0.450 e. The van der Waals surface area contributed by atoms with Crippen LogP contribution in [0.15, 0.2) is 0 Å². The van der Waals surface area contributed by atoms with Crippen molar-refractivity contribution < 1.29 is 14.6 Å². The molecule has 0 heterocycles. The highest BCUT2D eigenvalue weighted by atomic mass is 79.9. The van der Waals surface area contributed by atoms with Crippen LogP contribution in [0.2, 0.25) is 0 Å². The molecule has 3 nitrogen and oxygen atoms in total. The SMILES string of the molecule is O=C(O)OC(Br)Br. The second-order valence-corrected chi connectivity index (χ2v) is 3.54. The Morgan fingerprint density at radius 1 is 1.71 bits per heavy atom. The Morgan fingerprint density at radius 3 is 2.14 bits per heavy atom. The van der Waals surface area contributed by atoms with Crippen LogP contribution in [-0.4, -0.2) is 15.2 Å². The predicted octanol–water partition coefficient (Wildman–Crippen LogP) is 1.75. The summed E-state index contributed by atoms with van der Waals surface area (Å²) in [5.74, 6) is 0. The molecule has 0 atom stereocenters. The summed E-state index contributed by atoms with van der Waals surface area (Å²) in [6.45, 7) is 0. The average Bonchev–Trinajstić information content (AvgIpc) is 1.27. The van der Waals surface area contributed by atoms with Crippen LogP contribution in [-0.2, 0) is 4.74 Å². The second kappa shape index (κ2) is 3.26. The highest BCUT2D eigenvalue weighted by molar-refractivity contribution is 9.24. The molecule has 0 aliphatic rings. The third kappa shape index (κ3) is 6.23. The average molecular weight is 234 g/mol. The summed E-state index contributed by atoms with van der Waals surface area (Å²) in [6.07, 6.45) is -1.31. The first-order valence-electron chi connectivity index (χ1n) is 1.30. The Bertz CT molecular complexity index is 71.3. The molecule has 0 aromatic carbocycles. The van der Waals surface area contributed by atoms with Gasteiger partial charge in [-0.15, -0.1) is 0 Å². The Labute approximate surface area is 56.9 Å².